The van der Waals surface area contributed by atoms with Crippen LogP contribution in [0.4, 0.5) is 0 Å². The number of nitrogens with zero attached hydrogens (tertiary/aromatic N) is 3. The Labute approximate surface area is 182 Å². The van der Waals surface area contributed by atoms with Gasteiger partial charge in [0.15, 0.2) is 5.96 Å². The summed E-state index contributed by atoms with van der Waals surface area (Å²) >= 11 is 0. The Hall–Kier alpha value is -3.80. The highest BCUT2D eigenvalue weighted by molar-refractivity contribution is 5.79. The van der Waals surface area contributed by atoms with Gasteiger partial charge in [-0.25, -0.2) is 4.98 Å². The zero-order chi connectivity index (χ0) is 21.5. The lowest BCUT2D eigenvalue weighted by atomic mass is 10.1. The Kier molecular flexibility index (Phi) is 6.47. The molecule has 4 aromatic rings. The van der Waals surface area contributed by atoms with Gasteiger partial charge in [-0.15, -0.1) is 0 Å². The molecule has 0 amide bonds. The summed E-state index contributed by atoms with van der Waals surface area (Å²) < 4.78 is 7.58. The first-order chi connectivity index (χ1) is 15.3. The van der Waals surface area contributed by atoms with Gasteiger partial charge in [-0.2, -0.15) is 0 Å². The highest BCUT2D eigenvalue weighted by Gasteiger charge is 2.05. The third-order valence-electron chi connectivity index (χ3n) is 5.23. The van der Waals surface area contributed by atoms with Gasteiger partial charge in [0.05, 0.1) is 24.5 Å². The third-order valence-corrected chi connectivity index (χ3v) is 5.23. The summed E-state index contributed by atoms with van der Waals surface area (Å²) in [6.07, 6.45) is 1.90. The van der Waals surface area contributed by atoms with Gasteiger partial charge in [-0.05, 0) is 29.3 Å². The second-order valence-electron chi connectivity index (χ2n) is 7.27. The summed E-state index contributed by atoms with van der Waals surface area (Å²) in [5, 5.41) is 6.70. The highest BCUT2D eigenvalue weighted by atomic mass is 16.5. The number of hydrogen-bond acceptors (Lipinski definition) is 3. The SMILES string of the molecule is CN=C(NCc1ccc(Cn2cnc3ccccc32)cc1)NCc1ccccc1OC. The number of guanidine groups is 1. The van der Waals surface area contributed by atoms with Crippen LogP contribution in [-0.4, -0.2) is 29.7 Å². The molecule has 31 heavy (non-hydrogen) atoms. The van der Waals surface area contributed by atoms with Crippen molar-refractivity contribution in [2.45, 2.75) is 19.6 Å². The molecule has 6 heteroatoms. The molecule has 0 radical (unpaired) electrons. The number of fused-ring (bicyclic) bond motifs is 1. The Morgan fingerprint density at radius 2 is 1.61 bits per heavy atom. The van der Waals surface area contributed by atoms with Gasteiger partial charge in [-0.1, -0.05) is 54.6 Å². The molecule has 0 spiro atoms. The van der Waals surface area contributed by atoms with Crippen LogP contribution >= 0.6 is 0 Å². The van der Waals surface area contributed by atoms with Crippen LogP contribution in [0.1, 0.15) is 16.7 Å². The van der Waals surface area contributed by atoms with Crippen molar-refractivity contribution in [1.82, 2.24) is 20.2 Å². The summed E-state index contributed by atoms with van der Waals surface area (Å²) in [6, 6.07) is 24.8. The molecule has 158 valence electrons. The average Bonchev–Trinajstić information content (AvgIpc) is 3.23. The van der Waals surface area contributed by atoms with Crippen LogP contribution < -0.4 is 15.4 Å². The number of nitrogens with one attached hydrogen (secondary N) is 2. The zero-order valence-corrected chi connectivity index (χ0v) is 17.9. The first kappa shape index (κ1) is 20.5. The second kappa shape index (κ2) is 9.80. The molecule has 0 aliphatic carbocycles. The summed E-state index contributed by atoms with van der Waals surface area (Å²) in [5.41, 5.74) is 5.70. The number of hydrogen-bond donors (Lipinski definition) is 2. The number of benzene rings is 3. The largest absolute Gasteiger partial charge is 0.496 e. The van der Waals surface area contributed by atoms with E-state index in [4.69, 9.17) is 4.74 Å². The Morgan fingerprint density at radius 1 is 0.903 bits per heavy atom. The van der Waals surface area contributed by atoms with Crippen molar-refractivity contribution in [3.8, 4) is 5.75 Å². The van der Waals surface area contributed by atoms with Crippen LogP contribution in [0, 0.1) is 0 Å². The molecular formula is C25H27N5O. The van der Waals surface area contributed by atoms with E-state index in [0.717, 1.165) is 34.9 Å². The molecule has 0 unspecified atom stereocenters. The van der Waals surface area contributed by atoms with Gasteiger partial charge in [0.2, 0.25) is 0 Å². The minimum Gasteiger partial charge on any atom is -0.496 e. The normalized spacial score (nSPS) is 11.5. The molecule has 1 heterocycles. The van der Waals surface area contributed by atoms with Crippen molar-refractivity contribution in [1.29, 1.82) is 0 Å². The molecule has 0 atom stereocenters. The van der Waals surface area contributed by atoms with E-state index in [2.05, 4.69) is 55.5 Å². The van der Waals surface area contributed by atoms with E-state index in [1.165, 1.54) is 11.1 Å². The second-order valence-corrected chi connectivity index (χ2v) is 7.27. The lowest BCUT2D eigenvalue weighted by Gasteiger charge is -2.14. The molecule has 0 fully saturated rings. The molecule has 0 bridgehead atoms. The van der Waals surface area contributed by atoms with Crippen molar-refractivity contribution < 1.29 is 4.74 Å². The Bertz CT molecular complexity index is 1160. The summed E-state index contributed by atoms with van der Waals surface area (Å²) in [5.74, 6) is 1.62. The van der Waals surface area contributed by atoms with Crippen molar-refractivity contribution in [3.05, 3.63) is 95.8 Å². The quantitative estimate of drug-likeness (QED) is 0.356. The molecule has 6 nitrogen and oxygen atoms in total. The summed E-state index contributed by atoms with van der Waals surface area (Å²) in [4.78, 5) is 8.78. The van der Waals surface area contributed by atoms with Crippen molar-refractivity contribution in [2.75, 3.05) is 14.2 Å². The van der Waals surface area contributed by atoms with Crippen molar-refractivity contribution in [2.24, 2.45) is 4.99 Å². The van der Waals surface area contributed by atoms with E-state index in [9.17, 15) is 0 Å². The van der Waals surface area contributed by atoms with Gasteiger partial charge in [-0.3, -0.25) is 4.99 Å². The number of aromatic nitrogens is 2. The number of aliphatic imine (C=N–C) groups is 1. The first-order valence-corrected chi connectivity index (χ1v) is 10.3. The number of rotatable bonds is 7. The average molecular weight is 414 g/mol. The molecule has 0 aliphatic rings. The van der Waals surface area contributed by atoms with E-state index in [1.54, 1.807) is 14.2 Å². The number of imidazole rings is 1. The van der Waals surface area contributed by atoms with Crippen molar-refractivity contribution in [3.63, 3.8) is 0 Å². The molecule has 1 aromatic heterocycles. The fourth-order valence-corrected chi connectivity index (χ4v) is 3.53. The molecule has 0 saturated heterocycles. The van der Waals surface area contributed by atoms with Crippen LogP contribution in [0.25, 0.3) is 11.0 Å². The first-order valence-electron chi connectivity index (χ1n) is 10.3. The topological polar surface area (TPSA) is 63.5 Å². The summed E-state index contributed by atoms with van der Waals surface area (Å²) in [7, 11) is 3.46. The highest BCUT2D eigenvalue weighted by Crippen LogP contribution is 2.17. The summed E-state index contributed by atoms with van der Waals surface area (Å²) in [6.45, 7) is 2.14. The predicted molar refractivity (Wildman–Crippen MR) is 125 cm³/mol. The maximum absolute atomic E-state index is 5.41. The molecule has 0 aliphatic heterocycles. The minimum absolute atomic E-state index is 0.640. The van der Waals surface area contributed by atoms with Crippen LogP contribution in [-0.2, 0) is 19.6 Å². The van der Waals surface area contributed by atoms with Gasteiger partial charge in [0.1, 0.15) is 5.75 Å². The predicted octanol–water partition coefficient (Wildman–Crippen LogP) is 3.96. The van der Waals surface area contributed by atoms with Gasteiger partial charge < -0.3 is 19.9 Å². The maximum Gasteiger partial charge on any atom is 0.191 e. The smallest absolute Gasteiger partial charge is 0.191 e. The van der Waals surface area contributed by atoms with E-state index < -0.39 is 0 Å². The molecule has 0 saturated carbocycles. The van der Waals surface area contributed by atoms with Crippen LogP contribution in [0.15, 0.2) is 84.1 Å². The van der Waals surface area contributed by atoms with Gasteiger partial charge in [0, 0.05) is 32.2 Å². The third kappa shape index (κ3) is 5.04. The Morgan fingerprint density at radius 3 is 2.42 bits per heavy atom. The molecule has 3 aromatic carbocycles. The Balaban J connectivity index is 1.32. The van der Waals surface area contributed by atoms with Crippen LogP contribution in [0.5, 0.6) is 5.75 Å². The standard InChI is InChI=1S/C25H27N5O/c1-26-25(28-16-21-7-3-6-10-24(21)31-2)27-15-19-11-13-20(14-12-19)17-30-18-29-22-8-4-5-9-23(22)30/h3-14,18H,15-17H2,1-2H3,(H2,26,27,28). The van der Waals surface area contributed by atoms with E-state index >= 15 is 0 Å². The monoisotopic (exact) mass is 413 g/mol. The van der Waals surface area contributed by atoms with Crippen LogP contribution in [0.3, 0.4) is 0 Å². The lowest BCUT2D eigenvalue weighted by Crippen LogP contribution is -2.36. The molecule has 2 N–H and O–H groups in total. The number of methoxy groups -OCH3 is 1. The number of para-hydroxylation sites is 3. The number of ether oxygens (including phenoxy) is 1. The van der Waals surface area contributed by atoms with Gasteiger partial charge in [0.25, 0.3) is 0 Å². The fourth-order valence-electron chi connectivity index (χ4n) is 3.53. The zero-order valence-electron chi connectivity index (χ0n) is 17.9. The van der Waals surface area contributed by atoms with E-state index in [1.807, 2.05) is 48.8 Å². The fraction of sp³-hybridized carbons (Fsp3) is 0.200. The van der Waals surface area contributed by atoms with E-state index in [-0.39, 0.29) is 0 Å². The van der Waals surface area contributed by atoms with Gasteiger partial charge >= 0.3 is 0 Å². The van der Waals surface area contributed by atoms with Crippen molar-refractivity contribution >= 4 is 17.0 Å². The minimum atomic E-state index is 0.640. The lowest BCUT2D eigenvalue weighted by molar-refractivity contribution is 0.409. The maximum atomic E-state index is 5.41. The molecular weight excluding hydrogens is 386 g/mol. The van der Waals surface area contributed by atoms with Crippen LogP contribution in [0.2, 0.25) is 0 Å². The molecule has 4 rings (SSSR count). The van der Waals surface area contributed by atoms with E-state index in [0.29, 0.717) is 13.1 Å².